The molecule has 17 heavy (non-hydrogen) atoms. The van der Waals surface area contributed by atoms with Crippen LogP contribution in [0, 0.1) is 0 Å². The van der Waals surface area contributed by atoms with Gasteiger partial charge in [-0.2, -0.15) is 0 Å². The normalized spacial score (nSPS) is 23.5. The third kappa shape index (κ3) is 1.73. The lowest BCUT2D eigenvalue weighted by molar-refractivity contribution is 0.0842. The smallest absolute Gasteiger partial charge is 0.402 e. The van der Waals surface area contributed by atoms with Crippen LogP contribution in [0.15, 0.2) is 24.7 Å². The number of aromatic nitrogens is 3. The van der Waals surface area contributed by atoms with Crippen molar-refractivity contribution in [2.75, 3.05) is 0 Å². The number of hydrogen-bond donors (Lipinski definition) is 0. The summed E-state index contributed by atoms with van der Waals surface area (Å²) in [7, 11) is -0.313. The quantitative estimate of drug-likeness (QED) is 0.675. The van der Waals surface area contributed by atoms with E-state index in [2.05, 4.69) is 10.2 Å². The third-order valence-corrected chi connectivity index (χ3v) is 3.30. The van der Waals surface area contributed by atoms with E-state index in [9.17, 15) is 0 Å². The lowest BCUT2D eigenvalue weighted by atomic mass is 9.80. The van der Waals surface area contributed by atoms with Gasteiger partial charge in [-0.05, 0) is 32.3 Å². The molecule has 0 radical (unpaired) electrons. The fourth-order valence-corrected chi connectivity index (χ4v) is 1.88. The monoisotopic (exact) mass is 231 g/mol. The van der Waals surface area contributed by atoms with E-state index in [-0.39, 0.29) is 18.8 Å². The summed E-state index contributed by atoms with van der Waals surface area (Å²) < 4.78 is 13.6. The molecule has 1 fully saturated rings. The van der Waals surface area contributed by atoms with E-state index in [0.29, 0.717) is 0 Å². The Labute approximate surface area is 99.9 Å². The SMILES string of the molecule is CC1OB(c2ccc3nncn3c2)OC1(C)C. The van der Waals surface area contributed by atoms with E-state index in [1.165, 1.54) is 0 Å². The molecule has 0 N–H and O–H groups in total. The van der Waals surface area contributed by atoms with Gasteiger partial charge in [0.25, 0.3) is 0 Å². The molecule has 3 heterocycles. The number of nitrogens with zero attached hydrogens (tertiary/aromatic N) is 3. The minimum Gasteiger partial charge on any atom is -0.402 e. The average Bonchev–Trinajstić information content (AvgIpc) is 2.83. The zero-order valence-corrected chi connectivity index (χ0v) is 10.1. The van der Waals surface area contributed by atoms with E-state index in [0.717, 1.165) is 11.1 Å². The Hall–Kier alpha value is -1.40. The Morgan fingerprint density at radius 3 is 2.94 bits per heavy atom. The average molecular weight is 231 g/mol. The van der Waals surface area contributed by atoms with Crippen molar-refractivity contribution in [2.24, 2.45) is 0 Å². The summed E-state index contributed by atoms with van der Waals surface area (Å²) in [5.74, 6) is 0. The summed E-state index contributed by atoms with van der Waals surface area (Å²) in [6.45, 7) is 6.10. The molecule has 6 heteroatoms. The van der Waals surface area contributed by atoms with Crippen LogP contribution in [0.1, 0.15) is 20.8 Å². The van der Waals surface area contributed by atoms with E-state index in [1.54, 1.807) is 6.33 Å². The largest absolute Gasteiger partial charge is 0.496 e. The van der Waals surface area contributed by atoms with Crippen molar-refractivity contribution >= 4 is 18.2 Å². The van der Waals surface area contributed by atoms with Gasteiger partial charge in [0.2, 0.25) is 0 Å². The second-order valence-electron chi connectivity index (χ2n) is 4.89. The molecule has 1 aliphatic heterocycles. The van der Waals surface area contributed by atoms with Crippen molar-refractivity contribution < 1.29 is 9.31 Å². The van der Waals surface area contributed by atoms with E-state index in [4.69, 9.17) is 9.31 Å². The van der Waals surface area contributed by atoms with Crippen molar-refractivity contribution in [2.45, 2.75) is 32.5 Å². The first kappa shape index (κ1) is 10.7. The highest BCUT2D eigenvalue weighted by molar-refractivity contribution is 6.61. The van der Waals surface area contributed by atoms with Gasteiger partial charge >= 0.3 is 7.12 Å². The van der Waals surface area contributed by atoms with Gasteiger partial charge in [0.15, 0.2) is 5.65 Å². The summed E-state index contributed by atoms with van der Waals surface area (Å²) in [6, 6.07) is 3.87. The van der Waals surface area contributed by atoms with Crippen molar-refractivity contribution in [1.29, 1.82) is 0 Å². The molecule has 1 saturated heterocycles. The maximum atomic E-state index is 5.90. The molecule has 0 saturated carbocycles. The maximum Gasteiger partial charge on any atom is 0.496 e. The van der Waals surface area contributed by atoms with Gasteiger partial charge in [0.05, 0.1) is 11.7 Å². The molecule has 2 aromatic rings. The first-order valence-corrected chi connectivity index (χ1v) is 5.69. The van der Waals surface area contributed by atoms with Crippen molar-refractivity contribution in [3.05, 3.63) is 24.7 Å². The molecular formula is C11H14BN3O2. The molecule has 0 bridgehead atoms. The van der Waals surface area contributed by atoms with E-state index < -0.39 is 0 Å². The Kier molecular flexibility index (Phi) is 2.24. The van der Waals surface area contributed by atoms with Gasteiger partial charge in [-0.15, -0.1) is 10.2 Å². The van der Waals surface area contributed by atoms with Crippen LogP contribution in [0.3, 0.4) is 0 Å². The molecule has 1 unspecified atom stereocenters. The predicted octanol–water partition coefficient (Wildman–Crippen LogP) is 0.638. The van der Waals surface area contributed by atoms with Crippen molar-refractivity contribution in [3.63, 3.8) is 0 Å². The second-order valence-corrected chi connectivity index (χ2v) is 4.89. The molecular weight excluding hydrogens is 217 g/mol. The Balaban J connectivity index is 1.94. The minimum absolute atomic E-state index is 0.0732. The number of fused-ring (bicyclic) bond motifs is 1. The molecule has 0 aromatic carbocycles. The zero-order chi connectivity index (χ0) is 12.0. The lowest BCUT2D eigenvalue weighted by Crippen LogP contribution is -2.35. The van der Waals surface area contributed by atoms with Gasteiger partial charge in [0, 0.05) is 6.20 Å². The standard InChI is InChI=1S/C11H14BN3O2/c1-8-11(2,3)17-12(16-8)9-4-5-10-14-13-7-15(10)6-9/h4-8H,1-3H3. The first-order valence-electron chi connectivity index (χ1n) is 5.69. The fraction of sp³-hybridized carbons (Fsp3) is 0.455. The van der Waals surface area contributed by atoms with Gasteiger partial charge in [-0.3, -0.25) is 4.40 Å². The number of hydrogen-bond acceptors (Lipinski definition) is 4. The summed E-state index contributed by atoms with van der Waals surface area (Å²) >= 11 is 0. The maximum absolute atomic E-state index is 5.90. The fourth-order valence-electron chi connectivity index (χ4n) is 1.88. The summed E-state index contributed by atoms with van der Waals surface area (Å²) in [4.78, 5) is 0. The Bertz CT molecular complexity index is 554. The molecule has 0 spiro atoms. The second kappa shape index (κ2) is 3.55. The first-order chi connectivity index (χ1) is 8.06. The number of rotatable bonds is 1. The summed E-state index contributed by atoms with van der Waals surface area (Å²) in [6.07, 6.45) is 3.68. The highest BCUT2D eigenvalue weighted by Gasteiger charge is 2.43. The van der Waals surface area contributed by atoms with Gasteiger partial charge in [0.1, 0.15) is 6.33 Å². The van der Waals surface area contributed by atoms with Gasteiger partial charge in [-0.1, -0.05) is 6.07 Å². The van der Waals surface area contributed by atoms with Crippen LogP contribution < -0.4 is 5.46 Å². The number of pyridine rings is 1. The van der Waals surface area contributed by atoms with Crippen LogP contribution >= 0.6 is 0 Å². The molecule has 88 valence electrons. The van der Waals surface area contributed by atoms with Crippen LogP contribution in [0.2, 0.25) is 0 Å². The molecule has 1 aliphatic rings. The molecule has 0 aliphatic carbocycles. The van der Waals surface area contributed by atoms with Crippen LogP contribution in [-0.2, 0) is 9.31 Å². The highest BCUT2D eigenvalue weighted by Crippen LogP contribution is 2.26. The van der Waals surface area contributed by atoms with E-state index in [1.807, 2.05) is 43.5 Å². The Morgan fingerprint density at radius 1 is 1.41 bits per heavy atom. The highest BCUT2D eigenvalue weighted by atomic mass is 16.7. The van der Waals surface area contributed by atoms with Gasteiger partial charge in [-0.25, -0.2) is 0 Å². The van der Waals surface area contributed by atoms with E-state index >= 15 is 0 Å². The molecule has 1 atom stereocenters. The molecule has 3 rings (SSSR count). The molecule has 2 aromatic heterocycles. The lowest BCUT2D eigenvalue weighted by Gasteiger charge is -2.21. The zero-order valence-electron chi connectivity index (χ0n) is 10.1. The van der Waals surface area contributed by atoms with Crippen LogP contribution in [0.5, 0.6) is 0 Å². The van der Waals surface area contributed by atoms with Crippen LogP contribution in [-0.4, -0.2) is 33.4 Å². The van der Waals surface area contributed by atoms with Crippen LogP contribution in [0.25, 0.3) is 5.65 Å². The predicted molar refractivity (Wildman–Crippen MR) is 64.1 cm³/mol. The summed E-state index contributed by atoms with van der Waals surface area (Å²) in [5, 5.41) is 7.81. The summed E-state index contributed by atoms with van der Waals surface area (Å²) in [5.41, 5.74) is 1.54. The van der Waals surface area contributed by atoms with Crippen LogP contribution in [0.4, 0.5) is 0 Å². The topological polar surface area (TPSA) is 48.7 Å². The third-order valence-electron chi connectivity index (χ3n) is 3.30. The Morgan fingerprint density at radius 2 is 2.24 bits per heavy atom. The van der Waals surface area contributed by atoms with Gasteiger partial charge < -0.3 is 9.31 Å². The minimum atomic E-state index is -0.313. The molecule has 0 amide bonds. The van der Waals surface area contributed by atoms with Crippen molar-refractivity contribution in [3.8, 4) is 0 Å². The molecule has 5 nitrogen and oxygen atoms in total. The van der Waals surface area contributed by atoms with Crippen molar-refractivity contribution in [1.82, 2.24) is 14.6 Å².